The molecule has 0 amide bonds. The van der Waals surface area contributed by atoms with Crippen LogP contribution in [0.2, 0.25) is 0 Å². The fourth-order valence-corrected chi connectivity index (χ4v) is 1.00. The Labute approximate surface area is 81.5 Å². The second-order valence-electron chi connectivity index (χ2n) is 2.65. The lowest BCUT2D eigenvalue weighted by Gasteiger charge is -2.04. The quantitative estimate of drug-likeness (QED) is 0.336. The van der Waals surface area contributed by atoms with Crippen LogP contribution in [-0.2, 0) is 4.79 Å². The van der Waals surface area contributed by atoms with Crippen LogP contribution in [0.5, 0.6) is 0 Å². The second-order valence-corrected chi connectivity index (χ2v) is 2.65. The van der Waals surface area contributed by atoms with Gasteiger partial charge in [-0.25, -0.2) is 13.2 Å². The number of benzene rings is 1. The number of rotatable bonds is 3. The molecule has 0 bridgehead atoms. The first-order valence-electron chi connectivity index (χ1n) is 3.70. The van der Waals surface area contributed by atoms with E-state index in [1.807, 2.05) is 0 Å². The minimum atomic E-state index is -2.03. The summed E-state index contributed by atoms with van der Waals surface area (Å²) in [6.45, 7) is 0. The Balaban J connectivity index is 3.30. The first-order valence-corrected chi connectivity index (χ1v) is 3.70. The zero-order chi connectivity index (χ0) is 11.6. The van der Waals surface area contributed by atoms with Gasteiger partial charge in [0.2, 0.25) is 0 Å². The number of nitro groups is 1. The third-order valence-electron chi connectivity index (χ3n) is 1.71. The van der Waals surface area contributed by atoms with Gasteiger partial charge in [0.1, 0.15) is 5.82 Å². The van der Waals surface area contributed by atoms with Crippen LogP contribution in [0.15, 0.2) is 12.1 Å². The molecule has 0 aromatic heterocycles. The maximum Gasteiger partial charge on any atom is 0.295 e. The normalized spacial score (nSPS) is 12.2. The number of nitrogens with zero attached hydrogens (tertiary/aromatic N) is 1. The Morgan fingerprint density at radius 1 is 1.20 bits per heavy atom. The summed E-state index contributed by atoms with van der Waals surface area (Å²) in [5.41, 5.74) is -0.797. The maximum absolute atomic E-state index is 13.0. The van der Waals surface area contributed by atoms with Crippen molar-refractivity contribution in [3.05, 3.63) is 45.3 Å². The zero-order valence-corrected chi connectivity index (χ0v) is 7.12. The molecule has 0 N–H and O–H groups in total. The summed E-state index contributed by atoms with van der Waals surface area (Å²) >= 11 is 0. The fraction of sp³-hybridized carbons (Fsp3) is 0.125. The molecule has 0 aliphatic carbocycles. The molecule has 0 spiro atoms. The zero-order valence-electron chi connectivity index (χ0n) is 7.12. The van der Waals surface area contributed by atoms with Crippen molar-refractivity contribution in [1.82, 2.24) is 0 Å². The Morgan fingerprint density at radius 2 is 1.73 bits per heavy atom. The van der Waals surface area contributed by atoms with E-state index in [0.717, 1.165) is 0 Å². The molecule has 1 aromatic carbocycles. The van der Waals surface area contributed by atoms with Crippen molar-refractivity contribution in [2.75, 3.05) is 0 Å². The third kappa shape index (κ3) is 2.12. The summed E-state index contributed by atoms with van der Waals surface area (Å²) in [6.07, 6.45) is -0.157. The van der Waals surface area contributed by atoms with Crippen LogP contribution >= 0.6 is 0 Å². The molecule has 1 atom stereocenters. The van der Waals surface area contributed by atoms with Gasteiger partial charge in [0.25, 0.3) is 6.04 Å². The molecule has 1 aromatic rings. The lowest BCUT2D eigenvalue weighted by atomic mass is 10.1. The number of carbonyl (C=O) groups is 1. The average molecular weight is 219 g/mol. The molecule has 0 aliphatic heterocycles. The van der Waals surface area contributed by atoms with Gasteiger partial charge in [-0.1, -0.05) is 0 Å². The highest BCUT2D eigenvalue weighted by atomic mass is 19.2. The SMILES string of the molecule is O=CC(c1cc(F)c(F)cc1F)[N+](=O)[O-]. The molecular weight excluding hydrogens is 215 g/mol. The minimum absolute atomic E-state index is 0.157. The fourth-order valence-electron chi connectivity index (χ4n) is 1.00. The van der Waals surface area contributed by atoms with Crippen LogP contribution in [0.25, 0.3) is 0 Å². The molecule has 4 nitrogen and oxygen atoms in total. The molecule has 0 aliphatic rings. The van der Waals surface area contributed by atoms with Gasteiger partial charge in [-0.3, -0.25) is 14.9 Å². The lowest BCUT2D eigenvalue weighted by molar-refractivity contribution is -0.511. The summed E-state index contributed by atoms with van der Waals surface area (Å²) < 4.78 is 38.1. The van der Waals surface area contributed by atoms with Crippen molar-refractivity contribution < 1.29 is 22.9 Å². The van der Waals surface area contributed by atoms with E-state index in [4.69, 9.17) is 0 Å². The Morgan fingerprint density at radius 3 is 2.20 bits per heavy atom. The summed E-state index contributed by atoms with van der Waals surface area (Å²) in [6, 6.07) is -1.57. The van der Waals surface area contributed by atoms with E-state index in [1.165, 1.54) is 0 Å². The van der Waals surface area contributed by atoms with Crippen LogP contribution < -0.4 is 0 Å². The smallest absolute Gasteiger partial charge is 0.295 e. The lowest BCUT2D eigenvalue weighted by Crippen LogP contribution is -2.14. The monoisotopic (exact) mass is 219 g/mol. The molecule has 0 saturated carbocycles. The highest BCUT2D eigenvalue weighted by Crippen LogP contribution is 2.21. The van der Waals surface area contributed by atoms with Crippen LogP contribution in [0.4, 0.5) is 13.2 Å². The van der Waals surface area contributed by atoms with E-state index >= 15 is 0 Å². The largest absolute Gasteiger partial charge is 0.295 e. The highest BCUT2D eigenvalue weighted by molar-refractivity contribution is 5.59. The topological polar surface area (TPSA) is 60.2 Å². The Bertz CT molecular complexity index is 422. The van der Waals surface area contributed by atoms with E-state index < -0.39 is 34.0 Å². The second kappa shape index (κ2) is 4.07. The molecule has 0 saturated heterocycles. The summed E-state index contributed by atoms with van der Waals surface area (Å²) in [5.74, 6) is -4.24. The van der Waals surface area contributed by atoms with E-state index in [9.17, 15) is 28.1 Å². The molecule has 7 heteroatoms. The number of aldehydes is 1. The van der Waals surface area contributed by atoms with Gasteiger partial charge < -0.3 is 0 Å². The maximum atomic E-state index is 13.0. The standard InChI is InChI=1S/C8H4F3NO3/c9-5-2-7(11)6(10)1-4(5)8(3-13)12(14)15/h1-3,8H. The molecule has 0 fully saturated rings. The molecule has 0 heterocycles. The molecule has 1 rings (SSSR count). The van der Waals surface area contributed by atoms with E-state index in [2.05, 4.69) is 0 Å². The number of hydrogen-bond acceptors (Lipinski definition) is 3. The van der Waals surface area contributed by atoms with Crippen molar-refractivity contribution in [3.8, 4) is 0 Å². The number of hydrogen-bond donors (Lipinski definition) is 0. The Hall–Kier alpha value is -1.92. The van der Waals surface area contributed by atoms with Crippen molar-refractivity contribution in [2.45, 2.75) is 6.04 Å². The van der Waals surface area contributed by atoms with Gasteiger partial charge in [-0.2, -0.15) is 0 Å². The molecule has 15 heavy (non-hydrogen) atoms. The summed E-state index contributed by atoms with van der Waals surface area (Å²) in [7, 11) is 0. The van der Waals surface area contributed by atoms with Gasteiger partial charge in [0, 0.05) is 11.0 Å². The summed E-state index contributed by atoms with van der Waals surface area (Å²) in [5, 5.41) is 10.3. The van der Waals surface area contributed by atoms with Crippen molar-refractivity contribution >= 4 is 6.29 Å². The van der Waals surface area contributed by atoms with E-state index in [-0.39, 0.29) is 12.4 Å². The first-order chi connectivity index (χ1) is 6.97. The molecule has 1 unspecified atom stereocenters. The van der Waals surface area contributed by atoms with Gasteiger partial charge in [-0.15, -0.1) is 0 Å². The van der Waals surface area contributed by atoms with Crippen LogP contribution in [0, 0.1) is 27.6 Å². The van der Waals surface area contributed by atoms with E-state index in [0.29, 0.717) is 6.07 Å². The predicted octanol–water partition coefficient (Wildman–Crippen LogP) is 1.62. The van der Waals surface area contributed by atoms with Gasteiger partial charge in [-0.05, 0) is 6.07 Å². The van der Waals surface area contributed by atoms with Crippen LogP contribution in [0.1, 0.15) is 11.6 Å². The molecule has 0 radical (unpaired) electrons. The number of carbonyl (C=O) groups excluding carboxylic acids is 1. The predicted molar refractivity (Wildman–Crippen MR) is 42.1 cm³/mol. The van der Waals surface area contributed by atoms with Gasteiger partial charge in [0.05, 0.1) is 5.56 Å². The molecular formula is C8H4F3NO3. The van der Waals surface area contributed by atoms with E-state index in [1.54, 1.807) is 0 Å². The number of halogens is 3. The Kier molecular flexibility index (Phi) is 3.03. The van der Waals surface area contributed by atoms with Crippen molar-refractivity contribution in [3.63, 3.8) is 0 Å². The highest BCUT2D eigenvalue weighted by Gasteiger charge is 2.27. The minimum Gasteiger partial charge on any atom is -0.295 e. The third-order valence-corrected chi connectivity index (χ3v) is 1.71. The van der Waals surface area contributed by atoms with Crippen molar-refractivity contribution in [1.29, 1.82) is 0 Å². The summed E-state index contributed by atoms with van der Waals surface area (Å²) in [4.78, 5) is 19.4. The first kappa shape index (κ1) is 11.2. The van der Waals surface area contributed by atoms with Gasteiger partial charge in [0.15, 0.2) is 17.9 Å². The molecule has 80 valence electrons. The van der Waals surface area contributed by atoms with Crippen LogP contribution in [0.3, 0.4) is 0 Å². The average Bonchev–Trinajstić information content (AvgIpc) is 2.14. The van der Waals surface area contributed by atoms with Crippen LogP contribution in [-0.4, -0.2) is 11.2 Å². The van der Waals surface area contributed by atoms with Gasteiger partial charge >= 0.3 is 0 Å². The van der Waals surface area contributed by atoms with Crippen molar-refractivity contribution in [2.24, 2.45) is 0 Å².